The van der Waals surface area contributed by atoms with Gasteiger partial charge in [0, 0.05) is 18.0 Å². The molecule has 134 valence electrons. The Morgan fingerprint density at radius 3 is 2.76 bits per heavy atom. The number of aromatic nitrogens is 1. The predicted molar refractivity (Wildman–Crippen MR) is 116 cm³/mol. The molecule has 0 aliphatic rings. The van der Waals surface area contributed by atoms with Crippen molar-refractivity contribution in [1.29, 1.82) is 0 Å². The van der Waals surface area contributed by atoms with Gasteiger partial charge in [-0.15, -0.1) is 46.7 Å². The van der Waals surface area contributed by atoms with E-state index in [1.165, 1.54) is 4.88 Å². The lowest BCUT2D eigenvalue weighted by Gasteiger charge is -2.10. The van der Waals surface area contributed by atoms with Gasteiger partial charge in [0.1, 0.15) is 12.0 Å². The summed E-state index contributed by atoms with van der Waals surface area (Å²) in [7, 11) is 0. The van der Waals surface area contributed by atoms with E-state index >= 15 is 0 Å². The monoisotopic (exact) mass is 488 g/mol. The van der Waals surface area contributed by atoms with Crippen LogP contribution in [0.15, 0.2) is 50.7 Å². The average Bonchev–Trinajstić information content (AvgIpc) is 3.33. The van der Waals surface area contributed by atoms with Crippen molar-refractivity contribution in [2.24, 2.45) is 4.99 Å². The summed E-state index contributed by atoms with van der Waals surface area (Å²) in [4.78, 5) is 11.5. The number of hydrogen-bond acceptors (Lipinski definition) is 5. The molecule has 0 aromatic carbocycles. The first-order valence-corrected chi connectivity index (χ1v) is 9.64. The zero-order valence-electron chi connectivity index (χ0n) is 13.9. The van der Waals surface area contributed by atoms with Crippen LogP contribution >= 0.6 is 46.7 Å². The summed E-state index contributed by atoms with van der Waals surface area (Å²) < 4.78 is 5.52. The minimum absolute atomic E-state index is 0. The number of nitrogens with zero attached hydrogens (tertiary/aromatic N) is 2. The van der Waals surface area contributed by atoms with Crippen LogP contribution in [0.25, 0.3) is 10.8 Å². The largest absolute Gasteiger partial charge is 0.443 e. The minimum Gasteiger partial charge on any atom is -0.443 e. The Hall–Kier alpha value is -1.39. The summed E-state index contributed by atoms with van der Waals surface area (Å²) >= 11 is 3.39. The van der Waals surface area contributed by atoms with Crippen LogP contribution in [0, 0.1) is 0 Å². The van der Waals surface area contributed by atoms with Crippen LogP contribution in [0.3, 0.4) is 0 Å². The van der Waals surface area contributed by atoms with Gasteiger partial charge in [-0.2, -0.15) is 0 Å². The SMILES string of the molecule is CCNC(=NCc1coc(-c2cccs2)n1)NCCc1cccs1.I. The Morgan fingerprint density at radius 1 is 1.20 bits per heavy atom. The number of halogens is 1. The molecule has 0 fully saturated rings. The van der Waals surface area contributed by atoms with Crippen LogP contribution in [0.1, 0.15) is 17.5 Å². The molecule has 0 spiro atoms. The van der Waals surface area contributed by atoms with E-state index in [0.29, 0.717) is 12.4 Å². The highest BCUT2D eigenvalue weighted by atomic mass is 127. The molecule has 3 rings (SSSR count). The summed E-state index contributed by atoms with van der Waals surface area (Å²) in [5.41, 5.74) is 0.828. The third-order valence-corrected chi connectivity index (χ3v) is 5.07. The maximum Gasteiger partial charge on any atom is 0.236 e. The third kappa shape index (κ3) is 6.12. The quantitative estimate of drug-likeness (QED) is 0.295. The van der Waals surface area contributed by atoms with E-state index in [-0.39, 0.29) is 24.0 Å². The Balaban J connectivity index is 0.00000225. The van der Waals surface area contributed by atoms with E-state index in [1.807, 2.05) is 17.5 Å². The maximum absolute atomic E-state index is 5.52. The van der Waals surface area contributed by atoms with Crippen LogP contribution in [-0.4, -0.2) is 24.0 Å². The van der Waals surface area contributed by atoms with Gasteiger partial charge in [-0.25, -0.2) is 9.98 Å². The molecule has 3 aromatic heterocycles. The highest BCUT2D eigenvalue weighted by Crippen LogP contribution is 2.23. The Labute approximate surface area is 172 Å². The molecule has 0 atom stereocenters. The van der Waals surface area contributed by atoms with Crippen LogP contribution in [0.4, 0.5) is 0 Å². The van der Waals surface area contributed by atoms with Crippen molar-refractivity contribution in [2.45, 2.75) is 19.9 Å². The molecule has 0 saturated heterocycles. The van der Waals surface area contributed by atoms with Crippen molar-refractivity contribution in [3.63, 3.8) is 0 Å². The molecule has 2 N–H and O–H groups in total. The lowest BCUT2D eigenvalue weighted by Crippen LogP contribution is -2.38. The second-order valence-corrected chi connectivity index (χ2v) is 7.05. The minimum atomic E-state index is 0. The van der Waals surface area contributed by atoms with Crippen LogP contribution in [-0.2, 0) is 13.0 Å². The molecule has 0 saturated carbocycles. The maximum atomic E-state index is 5.52. The summed E-state index contributed by atoms with van der Waals surface area (Å²) in [6.07, 6.45) is 2.67. The molecule has 5 nitrogen and oxygen atoms in total. The molecule has 8 heteroatoms. The van der Waals surface area contributed by atoms with E-state index in [4.69, 9.17) is 4.42 Å². The normalized spacial score (nSPS) is 11.2. The van der Waals surface area contributed by atoms with E-state index in [1.54, 1.807) is 28.9 Å². The Kier molecular flexibility index (Phi) is 8.42. The van der Waals surface area contributed by atoms with Gasteiger partial charge in [0.15, 0.2) is 5.96 Å². The Bertz CT molecular complexity index is 754. The fraction of sp³-hybridized carbons (Fsp3) is 0.294. The van der Waals surface area contributed by atoms with E-state index < -0.39 is 0 Å². The first kappa shape index (κ1) is 19.9. The Morgan fingerprint density at radius 2 is 2.04 bits per heavy atom. The first-order chi connectivity index (χ1) is 11.8. The van der Waals surface area contributed by atoms with Crippen molar-refractivity contribution in [2.75, 3.05) is 13.1 Å². The van der Waals surface area contributed by atoms with Gasteiger partial charge in [0.25, 0.3) is 0 Å². The second-order valence-electron chi connectivity index (χ2n) is 5.07. The van der Waals surface area contributed by atoms with Gasteiger partial charge in [0.05, 0.1) is 11.4 Å². The topological polar surface area (TPSA) is 62.5 Å². The van der Waals surface area contributed by atoms with Crippen molar-refractivity contribution in [3.05, 3.63) is 51.9 Å². The zero-order chi connectivity index (χ0) is 16.6. The number of rotatable bonds is 7. The van der Waals surface area contributed by atoms with Gasteiger partial charge < -0.3 is 15.1 Å². The van der Waals surface area contributed by atoms with Crippen LogP contribution < -0.4 is 10.6 Å². The molecule has 0 unspecified atom stereocenters. The molecule has 0 aliphatic heterocycles. The molecule has 0 aliphatic carbocycles. The first-order valence-electron chi connectivity index (χ1n) is 7.88. The van der Waals surface area contributed by atoms with Crippen molar-refractivity contribution >= 4 is 52.6 Å². The molecule has 3 aromatic rings. The van der Waals surface area contributed by atoms with Crippen LogP contribution in [0.2, 0.25) is 0 Å². The smallest absolute Gasteiger partial charge is 0.236 e. The molecular formula is C17H21IN4OS2. The lowest BCUT2D eigenvalue weighted by atomic mass is 10.3. The second kappa shape index (κ2) is 10.6. The zero-order valence-corrected chi connectivity index (χ0v) is 17.9. The highest BCUT2D eigenvalue weighted by Gasteiger charge is 2.07. The van der Waals surface area contributed by atoms with Gasteiger partial charge in [-0.1, -0.05) is 12.1 Å². The number of guanidine groups is 1. The number of thiophene rings is 2. The van der Waals surface area contributed by atoms with E-state index in [9.17, 15) is 0 Å². The van der Waals surface area contributed by atoms with Crippen molar-refractivity contribution < 1.29 is 4.42 Å². The van der Waals surface area contributed by atoms with Gasteiger partial charge in [-0.3, -0.25) is 0 Å². The summed E-state index contributed by atoms with van der Waals surface area (Å²) in [6.45, 7) is 4.22. The van der Waals surface area contributed by atoms with Gasteiger partial charge in [-0.05, 0) is 36.2 Å². The average molecular weight is 488 g/mol. The molecular weight excluding hydrogens is 467 g/mol. The summed E-state index contributed by atoms with van der Waals surface area (Å²) in [6, 6.07) is 8.22. The fourth-order valence-electron chi connectivity index (χ4n) is 2.15. The van der Waals surface area contributed by atoms with Crippen LogP contribution in [0.5, 0.6) is 0 Å². The highest BCUT2D eigenvalue weighted by molar-refractivity contribution is 14.0. The molecule has 0 radical (unpaired) electrons. The molecule has 25 heavy (non-hydrogen) atoms. The van der Waals surface area contributed by atoms with E-state index in [0.717, 1.165) is 36.0 Å². The molecule has 0 bridgehead atoms. The summed E-state index contributed by atoms with van der Waals surface area (Å²) in [5, 5.41) is 10.7. The van der Waals surface area contributed by atoms with E-state index in [2.05, 4.69) is 45.0 Å². The summed E-state index contributed by atoms with van der Waals surface area (Å²) in [5.74, 6) is 1.46. The lowest BCUT2D eigenvalue weighted by molar-refractivity contribution is 0.574. The fourth-order valence-corrected chi connectivity index (χ4v) is 3.52. The van der Waals surface area contributed by atoms with Crippen molar-refractivity contribution in [3.8, 4) is 10.8 Å². The number of oxazole rings is 1. The van der Waals surface area contributed by atoms with Gasteiger partial charge in [0.2, 0.25) is 5.89 Å². The predicted octanol–water partition coefficient (Wildman–Crippen LogP) is 4.38. The molecule has 3 heterocycles. The van der Waals surface area contributed by atoms with Gasteiger partial charge >= 0.3 is 0 Å². The molecule has 0 amide bonds. The van der Waals surface area contributed by atoms with Crippen molar-refractivity contribution in [1.82, 2.24) is 15.6 Å². The number of hydrogen-bond donors (Lipinski definition) is 2. The number of nitrogens with one attached hydrogen (secondary N) is 2. The number of aliphatic imine (C=N–C) groups is 1. The third-order valence-electron chi connectivity index (χ3n) is 3.27. The standard InChI is InChI=1S/C17H20N4OS2.HI/c1-2-18-17(19-8-7-14-5-3-9-23-14)20-11-13-12-22-16(21-13)15-6-4-10-24-15;/h3-6,9-10,12H,2,7-8,11H2,1H3,(H2,18,19,20);1H.